The van der Waals surface area contributed by atoms with E-state index in [0.29, 0.717) is 5.56 Å². The van der Waals surface area contributed by atoms with Gasteiger partial charge in [-0.2, -0.15) is 5.26 Å². The van der Waals surface area contributed by atoms with Crippen molar-refractivity contribution < 1.29 is 9.90 Å². The molecule has 1 unspecified atom stereocenters. The van der Waals surface area contributed by atoms with Gasteiger partial charge in [0.15, 0.2) is 0 Å². The van der Waals surface area contributed by atoms with Gasteiger partial charge in [-0.15, -0.1) is 0 Å². The third-order valence-electron chi connectivity index (χ3n) is 3.11. The molecule has 18 heavy (non-hydrogen) atoms. The molecule has 0 saturated carbocycles. The number of nitrogens with one attached hydrogen (secondary N) is 1. The van der Waals surface area contributed by atoms with E-state index in [1.807, 2.05) is 17.9 Å². The lowest BCUT2D eigenvalue weighted by molar-refractivity contribution is -0.137. The molecule has 0 aromatic heterocycles. The van der Waals surface area contributed by atoms with Crippen molar-refractivity contribution in [3.8, 4) is 6.07 Å². The minimum atomic E-state index is -0.806. The molecular formula is C13H15N3O2. The highest BCUT2D eigenvalue weighted by Crippen LogP contribution is 2.31. The number of carboxylic acid groups (broad SMARTS) is 1. The molecule has 0 aliphatic carbocycles. The van der Waals surface area contributed by atoms with Crippen LogP contribution in [0, 0.1) is 11.3 Å². The molecule has 0 amide bonds. The number of carbonyl (C=O) groups is 1. The Hall–Kier alpha value is -2.22. The first-order valence-electron chi connectivity index (χ1n) is 5.88. The van der Waals surface area contributed by atoms with Gasteiger partial charge in [-0.25, -0.2) is 0 Å². The lowest BCUT2D eigenvalue weighted by Crippen LogP contribution is -2.41. The average Bonchev–Trinajstić information content (AvgIpc) is 2.36. The van der Waals surface area contributed by atoms with Gasteiger partial charge in [0.25, 0.3) is 0 Å². The molecule has 1 heterocycles. The number of anilines is 2. The van der Waals surface area contributed by atoms with Crippen molar-refractivity contribution in [2.45, 2.75) is 19.4 Å². The highest BCUT2D eigenvalue weighted by molar-refractivity contribution is 5.75. The Morgan fingerprint density at radius 2 is 2.44 bits per heavy atom. The van der Waals surface area contributed by atoms with E-state index < -0.39 is 5.97 Å². The Labute approximate surface area is 106 Å². The van der Waals surface area contributed by atoms with E-state index >= 15 is 0 Å². The van der Waals surface area contributed by atoms with E-state index in [9.17, 15) is 4.79 Å². The minimum Gasteiger partial charge on any atom is -0.481 e. The van der Waals surface area contributed by atoms with Crippen molar-refractivity contribution in [2.75, 3.05) is 23.3 Å². The molecule has 1 aromatic rings. The lowest BCUT2D eigenvalue weighted by Gasteiger charge is -2.36. The number of aliphatic carboxylic acids is 1. The molecule has 1 aromatic carbocycles. The van der Waals surface area contributed by atoms with Crippen LogP contribution >= 0.6 is 0 Å². The number of hydrogen-bond acceptors (Lipinski definition) is 4. The fraction of sp³-hybridized carbons (Fsp3) is 0.385. The Balaban J connectivity index is 2.31. The third-order valence-corrected chi connectivity index (χ3v) is 3.11. The van der Waals surface area contributed by atoms with E-state index in [1.165, 1.54) is 0 Å². The van der Waals surface area contributed by atoms with Gasteiger partial charge < -0.3 is 15.3 Å². The number of benzene rings is 1. The predicted octanol–water partition coefficient (Wildman–Crippen LogP) is 1.65. The van der Waals surface area contributed by atoms with E-state index in [2.05, 4.69) is 11.4 Å². The van der Waals surface area contributed by atoms with Crippen LogP contribution in [0.15, 0.2) is 18.2 Å². The number of rotatable bonds is 3. The molecule has 1 atom stereocenters. The standard InChI is InChI=1S/C13H15N3O2/c1-9(6-13(17)18)16-5-4-15-11-3-2-10(8-14)7-12(11)16/h2-3,7,9,15H,4-6H2,1H3,(H,17,18). The normalized spacial score (nSPS) is 15.2. The van der Waals surface area contributed by atoms with Crippen molar-refractivity contribution in [3.63, 3.8) is 0 Å². The fourth-order valence-electron chi connectivity index (χ4n) is 2.24. The molecule has 0 saturated heterocycles. The summed E-state index contributed by atoms with van der Waals surface area (Å²) in [4.78, 5) is 12.8. The van der Waals surface area contributed by atoms with Gasteiger partial charge in [-0.05, 0) is 25.1 Å². The molecular weight excluding hydrogens is 230 g/mol. The molecule has 1 aliphatic heterocycles. The lowest BCUT2D eigenvalue weighted by atomic mass is 10.1. The van der Waals surface area contributed by atoms with Crippen LogP contribution in [0.4, 0.5) is 11.4 Å². The molecule has 5 heteroatoms. The van der Waals surface area contributed by atoms with E-state index in [-0.39, 0.29) is 12.5 Å². The Bertz CT molecular complexity index is 507. The van der Waals surface area contributed by atoms with Gasteiger partial charge in [0, 0.05) is 19.1 Å². The first-order chi connectivity index (χ1) is 8.61. The van der Waals surface area contributed by atoms with Gasteiger partial charge in [0.2, 0.25) is 0 Å². The molecule has 0 fully saturated rings. The minimum absolute atomic E-state index is 0.0858. The zero-order chi connectivity index (χ0) is 13.1. The molecule has 0 bridgehead atoms. The van der Waals surface area contributed by atoms with Gasteiger partial charge in [-0.1, -0.05) is 0 Å². The van der Waals surface area contributed by atoms with Crippen LogP contribution in [0.3, 0.4) is 0 Å². The number of fused-ring (bicyclic) bond motifs is 1. The molecule has 0 spiro atoms. The van der Waals surface area contributed by atoms with Crippen LogP contribution in [0.2, 0.25) is 0 Å². The van der Waals surface area contributed by atoms with Crippen molar-refractivity contribution in [3.05, 3.63) is 23.8 Å². The summed E-state index contributed by atoms with van der Waals surface area (Å²) in [6, 6.07) is 7.46. The smallest absolute Gasteiger partial charge is 0.305 e. The summed E-state index contributed by atoms with van der Waals surface area (Å²) in [7, 11) is 0. The highest BCUT2D eigenvalue weighted by Gasteiger charge is 2.23. The quantitative estimate of drug-likeness (QED) is 0.846. The van der Waals surface area contributed by atoms with Crippen LogP contribution in [0.25, 0.3) is 0 Å². The maximum atomic E-state index is 10.8. The monoisotopic (exact) mass is 245 g/mol. The van der Waals surface area contributed by atoms with Crippen LogP contribution < -0.4 is 10.2 Å². The summed E-state index contributed by atoms with van der Waals surface area (Å²) < 4.78 is 0. The van der Waals surface area contributed by atoms with Crippen LogP contribution in [-0.2, 0) is 4.79 Å². The van der Waals surface area contributed by atoms with Gasteiger partial charge in [0.1, 0.15) is 0 Å². The largest absolute Gasteiger partial charge is 0.481 e. The van der Waals surface area contributed by atoms with Crippen molar-refractivity contribution in [1.82, 2.24) is 0 Å². The summed E-state index contributed by atoms with van der Waals surface area (Å²) in [6.07, 6.45) is 0.0935. The summed E-state index contributed by atoms with van der Waals surface area (Å²) >= 11 is 0. The van der Waals surface area contributed by atoms with Gasteiger partial charge >= 0.3 is 5.97 Å². The van der Waals surface area contributed by atoms with Crippen molar-refractivity contribution in [1.29, 1.82) is 5.26 Å². The Kier molecular flexibility index (Phi) is 3.38. The second-order valence-electron chi connectivity index (χ2n) is 4.41. The molecule has 94 valence electrons. The maximum Gasteiger partial charge on any atom is 0.305 e. The first kappa shape index (κ1) is 12.2. The number of nitrogens with zero attached hydrogens (tertiary/aromatic N) is 2. The Morgan fingerprint density at radius 1 is 1.67 bits per heavy atom. The number of nitriles is 1. The molecule has 2 rings (SSSR count). The van der Waals surface area contributed by atoms with Crippen LogP contribution in [0.5, 0.6) is 0 Å². The van der Waals surface area contributed by atoms with Crippen molar-refractivity contribution >= 4 is 17.3 Å². The zero-order valence-corrected chi connectivity index (χ0v) is 10.2. The SMILES string of the molecule is CC(CC(=O)O)N1CCNc2ccc(C#N)cc21. The topological polar surface area (TPSA) is 76.4 Å². The number of carboxylic acids is 1. The second-order valence-corrected chi connectivity index (χ2v) is 4.41. The first-order valence-corrected chi connectivity index (χ1v) is 5.88. The van der Waals surface area contributed by atoms with Gasteiger partial charge in [-0.3, -0.25) is 4.79 Å². The molecule has 1 aliphatic rings. The third kappa shape index (κ3) is 2.38. The highest BCUT2D eigenvalue weighted by atomic mass is 16.4. The second kappa shape index (κ2) is 4.96. The molecule has 2 N–H and O–H groups in total. The van der Waals surface area contributed by atoms with Crippen molar-refractivity contribution in [2.24, 2.45) is 0 Å². The van der Waals surface area contributed by atoms with E-state index in [0.717, 1.165) is 24.5 Å². The maximum absolute atomic E-state index is 10.8. The Morgan fingerprint density at radius 3 is 3.11 bits per heavy atom. The number of hydrogen-bond donors (Lipinski definition) is 2. The van der Waals surface area contributed by atoms with E-state index in [4.69, 9.17) is 10.4 Å². The molecule has 0 radical (unpaired) electrons. The average molecular weight is 245 g/mol. The summed E-state index contributed by atoms with van der Waals surface area (Å²) in [5, 5.41) is 21.0. The summed E-state index contributed by atoms with van der Waals surface area (Å²) in [5.74, 6) is -0.806. The van der Waals surface area contributed by atoms with Crippen LogP contribution in [-0.4, -0.2) is 30.2 Å². The van der Waals surface area contributed by atoms with E-state index in [1.54, 1.807) is 12.1 Å². The molecule has 5 nitrogen and oxygen atoms in total. The predicted molar refractivity (Wildman–Crippen MR) is 68.7 cm³/mol. The fourth-order valence-corrected chi connectivity index (χ4v) is 2.24. The van der Waals surface area contributed by atoms with Crippen LogP contribution in [0.1, 0.15) is 18.9 Å². The summed E-state index contributed by atoms with van der Waals surface area (Å²) in [5.41, 5.74) is 2.46. The zero-order valence-electron chi connectivity index (χ0n) is 10.2. The summed E-state index contributed by atoms with van der Waals surface area (Å²) in [6.45, 7) is 3.42. The van der Waals surface area contributed by atoms with Gasteiger partial charge in [0.05, 0.1) is 29.4 Å².